The molecule has 0 aromatic rings. The lowest BCUT2D eigenvalue weighted by Crippen LogP contribution is -2.22. The molecule has 12 heavy (non-hydrogen) atoms. The Labute approximate surface area is 75.1 Å². The van der Waals surface area contributed by atoms with Gasteiger partial charge in [-0.15, -0.1) is 0 Å². The number of hydrogen-bond acceptors (Lipinski definition) is 1. The molecule has 1 saturated carbocycles. The van der Waals surface area contributed by atoms with Crippen LogP contribution in [0.3, 0.4) is 0 Å². The predicted octanol–water partition coefficient (Wildman–Crippen LogP) is 3.28. The Morgan fingerprint density at radius 2 is 2.25 bits per heavy atom. The van der Waals surface area contributed by atoms with E-state index in [0.717, 1.165) is 18.8 Å². The highest BCUT2D eigenvalue weighted by atomic mass is 14.3. The van der Waals surface area contributed by atoms with Gasteiger partial charge in [0, 0.05) is 6.08 Å². The van der Waals surface area contributed by atoms with E-state index in [-0.39, 0.29) is 0 Å². The first-order valence-corrected chi connectivity index (χ1v) is 4.61. The SMILES string of the molecule is CC1CC(=CC#N)CC(C)(C)C1. The maximum absolute atomic E-state index is 8.55. The van der Waals surface area contributed by atoms with Gasteiger partial charge in [0.1, 0.15) is 0 Å². The van der Waals surface area contributed by atoms with Crippen LogP contribution in [0.15, 0.2) is 11.6 Å². The summed E-state index contributed by atoms with van der Waals surface area (Å²) in [6.45, 7) is 6.84. The van der Waals surface area contributed by atoms with Crippen molar-refractivity contribution in [1.29, 1.82) is 5.26 Å². The van der Waals surface area contributed by atoms with Crippen LogP contribution in [0.1, 0.15) is 40.0 Å². The summed E-state index contributed by atoms with van der Waals surface area (Å²) in [6, 6.07) is 2.13. The first-order valence-electron chi connectivity index (χ1n) is 4.61. The molecule has 1 aliphatic carbocycles. The monoisotopic (exact) mass is 163 g/mol. The van der Waals surface area contributed by atoms with Crippen molar-refractivity contribution in [3.8, 4) is 6.07 Å². The molecule has 1 unspecified atom stereocenters. The van der Waals surface area contributed by atoms with Gasteiger partial charge in [0.05, 0.1) is 6.07 Å². The number of allylic oxidation sites excluding steroid dienone is 2. The van der Waals surface area contributed by atoms with Crippen LogP contribution in [0.4, 0.5) is 0 Å². The third-order valence-electron chi connectivity index (χ3n) is 2.49. The van der Waals surface area contributed by atoms with E-state index in [1.54, 1.807) is 6.08 Å². The Bertz CT molecular complexity index is 230. The summed E-state index contributed by atoms with van der Waals surface area (Å²) in [6.07, 6.45) is 5.25. The second-order valence-corrected chi connectivity index (χ2v) is 4.79. The van der Waals surface area contributed by atoms with Gasteiger partial charge in [0.2, 0.25) is 0 Å². The van der Waals surface area contributed by atoms with E-state index in [1.807, 2.05) is 0 Å². The molecule has 0 radical (unpaired) electrons. The Kier molecular flexibility index (Phi) is 2.57. The highest BCUT2D eigenvalue weighted by molar-refractivity contribution is 5.17. The van der Waals surface area contributed by atoms with Gasteiger partial charge in [0.25, 0.3) is 0 Å². The smallest absolute Gasteiger partial charge is 0.0911 e. The minimum absolute atomic E-state index is 0.403. The van der Waals surface area contributed by atoms with E-state index in [9.17, 15) is 0 Å². The van der Waals surface area contributed by atoms with Gasteiger partial charge >= 0.3 is 0 Å². The predicted molar refractivity (Wildman–Crippen MR) is 50.5 cm³/mol. The molecule has 0 heterocycles. The molecule has 0 amide bonds. The van der Waals surface area contributed by atoms with Crippen molar-refractivity contribution in [3.05, 3.63) is 11.6 Å². The van der Waals surface area contributed by atoms with E-state index < -0.39 is 0 Å². The lowest BCUT2D eigenvalue weighted by molar-refractivity contribution is 0.234. The van der Waals surface area contributed by atoms with Crippen LogP contribution in [0.25, 0.3) is 0 Å². The van der Waals surface area contributed by atoms with Gasteiger partial charge in [-0.25, -0.2) is 0 Å². The lowest BCUT2D eigenvalue weighted by Gasteiger charge is -2.35. The fourth-order valence-electron chi connectivity index (χ4n) is 2.42. The van der Waals surface area contributed by atoms with Crippen LogP contribution in [0, 0.1) is 22.7 Å². The van der Waals surface area contributed by atoms with E-state index in [0.29, 0.717) is 5.41 Å². The average Bonchev–Trinajstić information content (AvgIpc) is 1.82. The number of rotatable bonds is 0. The summed E-state index contributed by atoms with van der Waals surface area (Å²) < 4.78 is 0. The van der Waals surface area contributed by atoms with Gasteiger partial charge in [-0.05, 0) is 30.6 Å². The molecule has 1 rings (SSSR count). The second kappa shape index (κ2) is 3.31. The quantitative estimate of drug-likeness (QED) is 0.503. The summed E-state index contributed by atoms with van der Waals surface area (Å²) in [5.41, 5.74) is 1.74. The molecule has 0 saturated heterocycles. The summed E-state index contributed by atoms with van der Waals surface area (Å²) in [5, 5.41) is 8.55. The summed E-state index contributed by atoms with van der Waals surface area (Å²) in [4.78, 5) is 0. The van der Waals surface area contributed by atoms with Crippen molar-refractivity contribution in [3.63, 3.8) is 0 Å². The molecule has 0 aromatic heterocycles. The molecular weight excluding hydrogens is 146 g/mol. The van der Waals surface area contributed by atoms with Crippen LogP contribution in [-0.4, -0.2) is 0 Å². The zero-order chi connectivity index (χ0) is 9.19. The van der Waals surface area contributed by atoms with Crippen molar-refractivity contribution in [2.75, 3.05) is 0 Å². The minimum Gasteiger partial charge on any atom is -0.193 e. The third kappa shape index (κ3) is 2.37. The molecule has 0 bridgehead atoms. The number of nitrogens with zero attached hydrogens (tertiary/aromatic N) is 1. The Morgan fingerprint density at radius 1 is 1.58 bits per heavy atom. The number of nitriles is 1. The summed E-state index contributed by atoms with van der Waals surface area (Å²) in [7, 11) is 0. The second-order valence-electron chi connectivity index (χ2n) is 4.79. The van der Waals surface area contributed by atoms with Crippen LogP contribution in [0.5, 0.6) is 0 Å². The van der Waals surface area contributed by atoms with Crippen molar-refractivity contribution in [2.45, 2.75) is 40.0 Å². The van der Waals surface area contributed by atoms with Gasteiger partial charge in [-0.1, -0.05) is 26.3 Å². The van der Waals surface area contributed by atoms with E-state index in [4.69, 9.17) is 5.26 Å². The molecule has 0 aliphatic heterocycles. The first kappa shape index (κ1) is 9.32. The summed E-state index contributed by atoms with van der Waals surface area (Å²) >= 11 is 0. The van der Waals surface area contributed by atoms with E-state index in [1.165, 1.54) is 12.0 Å². The molecule has 0 spiro atoms. The zero-order valence-corrected chi connectivity index (χ0v) is 8.22. The van der Waals surface area contributed by atoms with Crippen LogP contribution < -0.4 is 0 Å². The molecular formula is C11H17N. The largest absolute Gasteiger partial charge is 0.193 e. The highest BCUT2D eigenvalue weighted by Crippen LogP contribution is 2.40. The maximum Gasteiger partial charge on any atom is 0.0911 e. The van der Waals surface area contributed by atoms with Gasteiger partial charge in [-0.3, -0.25) is 0 Å². The Hall–Kier alpha value is -0.770. The lowest BCUT2D eigenvalue weighted by atomic mass is 9.70. The maximum atomic E-state index is 8.55. The topological polar surface area (TPSA) is 23.8 Å². The fraction of sp³-hybridized carbons (Fsp3) is 0.727. The summed E-state index contributed by atoms with van der Waals surface area (Å²) in [5.74, 6) is 0.744. The van der Waals surface area contributed by atoms with E-state index in [2.05, 4.69) is 26.8 Å². The third-order valence-corrected chi connectivity index (χ3v) is 2.49. The Morgan fingerprint density at radius 3 is 2.75 bits per heavy atom. The zero-order valence-electron chi connectivity index (χ0n) is 8.22. The first-order chi connectivity index (χ1) is 5.53. The van der Waals surface area contributed by atoms with Gasteiger partial charge in [0.15, 0.2) is 0 Å². The fourth-order valence-corrected chi connectivity index (χ4v) is 2.42. The van der Waals surface area contributed by atoms with Crippen molar-refractivity contribution >= 4 is 0 Å². The molecule has 1 aliphatic rings. The van der Waals surface area contributed by atoms with Crippen LogP contribution in [-0.2, 0) is 0 Å². The van der Waals surface area contributed by atoms with E-state index >= 15 is 0 Å². The van der Waals surface area contributed by atoms with Gasteiger partial charge in [-0.2, -0.15) is 5.26 Å². The van der Waals surface area contributed by atoms with Crippen LogP contribution in [0.2, 0.25) is 0 Å². The number of hydrogen-bond donors (Lipinski definition) is 0. The molecule has 1 nitrogen and oxygen atoms in total. The minimum atomic E-state index is 0.403. The normalized spacial score (nSPS) is 31.5. The van der Waals surface area contributed by atoms with Crippen molar-refractivity contribution < 1.29 is 0 Å². The molecule has 66 valence electrons. The standard InChI is InChI=1S/C11H17N/c1-9-6-10(4-5-12)8-11(2,3)7-9/h4,9H,6-8H2,1-3H3. The molecule has 0 N–H and O–H groups in total. The molecule has 0 aromatic carbocycles. The highest BCUT2D eigenvalue weighted by Gasteiger charge is 2.28. The molecule has 1 fully saturated rings. The Balaban J connectivity index is 2.72. The molecule has 1 atom stereocenters. The van der Waals surface area contributed by atoms with Crippen molar-refractivity contribution in [2.24, 2.45) is 11.3 Å². The van der Waals surface area contributed by atoms with Crippen molar-refractivity contribution in [1.82, 2.24) is 0 Å². The van der Waals surface area contributed by atoms with Gasteiger partial charge < -0.3 is 0 Å². The van der Waals surface area contributed by atoms with Crippen LogP contribution >= 0.6 is 0 Å². The molecule has 1 heteroatoms. The average molecular weight is 163 g/mol.